The van der Waals surface area contributed by atoms with Gasteiger partial charge in [-0.2, -0.15) is 0 Å². The molecule has 1 aliphatic rings. The molecule has 1 fully saturated rings. The van der Waals surface area contributed by atoms with Crippen LogP contribution in [0.5, 0.6) is 0 Å². The Bertz CT molecular complexity index is 247. The lowest BCUT2D eigenvalue weighted by Crippen LogP contribution is -2.30. The third-order valence-corrected chi connectivity index (χ3v) is 2.39. The molecule has 0 bridgehead atoms. The van der Waals surface area contributed by atoms with E-state index in [1.54, 1.807) is 12.3 Å². The second kappa shape index (κ2) is 6.22. The molecule has 1 unspecified atom stereocenters. The number of carbonyl (C=O) groups is 1. The summed E-state index contributed by atoms with van der Waals surface area (Å²) >= 11 is 0. The number of allylic oxidation sites excluding steroid dienone is 1. The van der Waals surface area contributed by atoms with E-state index >= 15 is 0 Å². The van der Waals surface area contributed by atoms with Gasteiger partial charge in [0.1, 0.15) is 0 Å². The summed E-state index contributed by atoms with van der Waals surface area (Å²) in [6.45, 7) is 2.25. The summed E-state index contributed by atoms with van der Waals surface area (Å²) in [6.07, 6.45) is 7.31. The quantitative estimate of drug-likeness (QED) is 0.494. The zero-order valence-corrected chi connectivity index (χ0v) is 9.03. The lowest BCUT2D eigenvalue weighted by molar-refractivity contribution is -0.143. The Kier molecular flexibility index (Phi) is 4.87. The van der Waals surface area contributed by atoms with Crippen molar-refractivity contribution in [1.82, 2.24) is 5.32 Å². The Morgan fingerprint density at radius 2 is 2.40 bits per heavy atom. The third-order valence-electron chi connectivity index (χ3n) is 2.39. The molecule has 1 aliphatic carbocycles. The van der Waals surface area contributed by atoms with Gasteiger partial charge in [-0.1, -0.05) is 0 Å². The lowest BCUT2D eigenvalue weighted by Gasteiger charge is -2.15. The molecular formula is C11H18N2O2. The topological polar surface area (TPSA) is 62.2 Å². The van der Waals surface area contributed by atoms with Gasteiger partial charge in [0.15, 0.2) is 0 Å². The molecular weight excluding hydrogens is 192 g/mol. The van der Waals surface area contributed by atoms with E-state index in [1.807, 2.05) is 6.92 Å². The molecule has 4 nitrogen and oxygen atoms in total. The number of nitrogens with one attached hydrogen (secondary N) is 2. The Morgan fingerprint density at radius 3 is 2.93 bits per heavy atom. The van der Waals surface area contributed by atoms with E-state index < -0.39 is 0 Å². The van der Waals surface area contributed by atoms with Gasteiger partial charge in [-0.3, -0.25) is 4.79 Å². The molecule has 0 spiro atoms. The van der Waals surface area contributed by atoms with E-state index in [0.29, 0.717) is 18.9 Å². The number of rotatable bonds is 7. The van der Waals surface area contributed by atoms with Gasteiger partial charge in [0.25, 0.3) is 0 Å². The standard InChI is InChI=1S/C11H18N2O2/c1-2-15-11(14)8-10(9-4-5-9)13-7-3-6-12/h3,6-7,9-10,12-13H,2,4-5,8H2,1H3/b7-3-,12-6?. The first-order chi connectivity index (χ1) is 7.27. The van der Waals surface area contributed by atoms with E-state index in [1.165, 1.54) is 19.1 Å². The predicted octanol–water partition coefficient (Wildman–Crippen LogP) is 1.47. The first-order valence-electron chi connectivity index (χ1n) is 5.35. The fourth-order valence-electron chi connectivity index (χ4n) is 1.49. The zero-order chi connectivity index (χ0) is 11.1. The van der Waals surface area contributed by atoms with Gasteiger partial charge in [0, 0.05) is 12.3 Å². The van der Waals surface area contributed by atoms with Gasteiger partial charge in [-0.05, 0) is 38.0 Å². The van der Waals surface area contributed by atoms with Gasteiger partial charge in [0.05, 0.1) is 13.0 Å². The lowest BCUT2D eigenvalue weighted by atomic mass is 10.1. The molecule has 0 aromatic rings. The van der Waals surface area contributed by atoms with Crippen LogP contribution in [0.25, 0.3) is 0 Å². The van der Waals surface area contributed by atoms with Crippen LogP contribution in [0.2, 0.25) is 0 Å². The van der Waals surface area contributed by atoms with Crippen molar-refractivity contribution in [3.8, 4) is 0 Å². The van der Waals surface area contributed by atoms with E-state index in [4.69, 9.17) is 10.1 Å². The fourth-order valence-corrected chi connectivity index (χ4v) is 1.49. The number of esters is 1. The number of carbonyl (C=O) groups excluding carboxylic acids is 1. The number of hydrogen-bond acceptors (Lipinski definition) is 4. The van der Waals surface area contributed by atoms with Crippen LogP contribution < -0.4 is 5.32 Å². The van der Waals surface area contributed by atoms with Crippen molar-refractivity contribution in [2.45, 2.75) is 32.2 Å². The number of ether oxygens (including phenoxy) is 1. The summed E-state index contributed by atoms with van der Waals surface area (Å²) in [5, 5.41) is 9.97. The largest absolute Gasteiger partial charge is 0.466 e. The second-order valence-corrected chi connectivity index (χ2v) is 3.65. The number of hydrogen-bond donors (Lipinski definition) is 2. The summed E-state index contributed by atoms with van der Waals surface area (Å²) in [5.74, 6) is 0.440. The molecule has 0 saturated heterocycles. The highest BCUT2D eigenvalue weighted by atomic mass is 16.5. The molecule has 84 valence electrons. The van der Waals surface area contributed by atoms with Crippen LogP contribution in [0, 0.1) is 11.3 Å². The second-order valence-electron chi connectivity index (χ2n) is 3.65. The van der Waals surface area contributed by atoms with Crippen molar-refractivity contribution >= 4 is 12.2 Å². The highest BCUT2D eigenvalue weighted by Gasteiger charge is 2.32. The third kappa shape index (κ3) is 4.63. The normalized spacial score (nSPS) is 17.4. The van der Waals surface area contributed by atoms with Crippen LogP contribution in [0.15, 0.2) is 12.3 Å². The molecule has 1 rings (SSSR count). The highest BCUT2D eigenvalue weighted by molar-refractivity contribution is 5.70. The first-order valence-corrected chi connectivity index (χ1v) is 5.35. The molecule has 0 aromatic heterocycles. The average molecular weight is 210 g/mol. The summed E-state index contributed by atoms with van der Waals surface area (Å²) in [6, 6.07) is 0.167. The molecule has 15 heavy (non-hydrogen) atoms. The van der Waals surface area contributed by atoms with Gasteiger partial charge in [-0.25, -0.2) is 0 Å². The SMILES string of the molecule is CCOC(=O)CC(N/C=C\C=N)C1CC1. The van der Waals surface area contributed by atoms with Crippen LogP contribution in [-0.2, 0) is 9.53 Å². The Morgan fingerprint density at radius 1 is 1.67 bits per heavy atom. The summed E-state index contributed by atoms with van der Waals surface area (Å²) in [7, 11) is 0. The van der Waals surface area contributed by atoms with Crippen LogP contribution in [0.1, 0.15) is 26.2 Å². The molecule has 4 heteroatoms. The summed E-state index contributed by atoms with van der Waals surface area (Å²) in [5.41, 5.74) is 0. The van der Waals surface area contributed by atoms with E-state index in [9.17, 15) is 4.79 Å². The maximum Gasteiger partial charge on any atom is 0.307 e. The molecule has 0 aliphatic heterocycles. The zero-order valence-electron chi connectivity index (χ0n) is 9.03. The fraction of sp³-hybridized carbons (Fsp3) is 0.636. The summed E-state index contributed by atoms with van der Waals surface area (Å²) in [4.78, 5) is 11.3. The maximum atomic E-state index is 11.3. The molecule has 0 radical (unpaired) electrons. The smallest absolute Gasteiger partial charge is 0.307 e. The van der Waals surface area contributed by atoms with E-state index in [2.05, 4.69) is 5.32 Å². The highest BCUT2D eigenvalue weighted by Crippen LogP contribution is 2.34. The predicted molar refractivity (Wildman–Crippen MR) is 58.8 cm³/mol. The maximum absolute atomic E-state index is 11.3. The van der Waals surface area contributed by atoms with E-state index in [0.717, 1.165) is 0 Å². The van der Waals surface area contributed by atoms with Crippen LogP contribution in [0.3, 0.4) is 0 Å². The summed E-state index contributed by atoms with van der Waals surface area (Å²) < 4.78 is 4.91. The Balaban J connectivity index is 2.33. The van der Waals surface area contributed by atoms with Crippen molar-refractivity contribution in [3.05, 3.63) is 12.3 Å². The monoisotopic (exact) mass is 210 g/mol. The van der Waals surface area contributed by atoms with Gasteiger partial charge >= 0.3 is 5.97 Å². The van der Waals surface area contributed by atoms with Crippen molar-refractivity contribution in [1.29, 1.82) is 5.41 Å². The Hall–Kier alpha value is -1.32. The molecule has 0 heterocycles. The van der Waals surface area contributed by atoms with Crippen molar-refractivity contribution in [2.24, 2.45) is 5.92 Å². The van der Waals surface area contributed by atoms with Gasteiger partial charge in [-0.15, -0.1) is 0 Å². The molecule has 1 atom stereocenters. The van der Waals surface area contributed by atoms with Crippen molar-refractivity contribution in [2.75, 3.05) is 6.61 Å². The molecule has 1 saturated carbocycles. The minimum absolute atomic E-state index is 0.148. The van der Waals surface area contributed by atoms with Crippen LogP contribution in [-0.4, -0.2) is 24.8 Å². The molecule has 2 N–H and O–H groups in total. The van der Waals surface area contributed by atoms with Crippen LogP contribution in [0.4, 0.5) is 0 Å². The van der Waals surface area contributed by atoms with Gasteiger partial charge in [0.2, 0.25) is 0 Å². The van der Waals surface area contributed by atoms with Crippen molar-refractivity contribution < 1.29 is 9.53 Å². The average Bonchev–Trinajstić information content (AvgIpc) is 3.00. The molecule has 0 amide bonds. The first kappa shape index (κ1) is 11.8. The molecule has 0 aromatic carbocycles. The Labute approximate surface area is 90.2 Å². The minimum atomic E-state index is -0.148. The van der Waals surface area contributed by atoms with E-state index in [-0.39, 0.29) is 12.0 Å². The van der Waals surface area contributed by atoms with Gasteiger partial charge < -0.3 is 15.5 Å². The minimum Gasteiger partial charge on any atom is -0.466 e. The van der Waals surface area contributed by atoms with Crippen molar-refractivity contribution in [3.63, 3.8) is 0 Å². The van der Waals surface area contributed by atoms with Crippen LogP contribution >= 0.6 is 0 Å².